The summed E-state index contributed by atoms with van der Waals surface area (Å²) in [7, 11) is -2.53. The van der Waals surface area contributed by atoms with Crippen LogP contribution in [0.2, 0.25) is 0 Å². The van der Waals surface area contributed by atoms with Gasteiger partial charge in [0.2, 0.25) is 15.9 Å². The lowest BCUT2D eigenvalue weighted by Crippen LogP contribution is -2.48. The van der Waals surface area contributed by atoms with Crippen LogP contribution in [0.25, 0.3) is 0 Å². The van der Waals surface area contributed by atoms with Gasteiger partial charge < -0.3 is 25.4 Å². The second-order valence-electron chi connectivity index (χ2n) is 12.3. The van der Waals surface area contributed by atoms with Crippen molar-refractivity contribution in [2.75, 3.05) is 35.7 Å². The van der Waals surface area contributed by atoms with E-state index in [2.05, 4.69) is 10.6 Å². The summed E-state index contributed by atoms with van der Waals surface area (Å²) in [4.78, 5) is 28.4. The molecule has 4 aromatic rings. The minimum Gasteiger partial charge on any atom is -0.497 e. The maximum absolute atomic E-state index is 14.0. The molecule has 2 amide bonds. The predicted molar refractivity (Wildman–Crippen MR) is 189 cm³/mol. The Morgan fingerprint density at radius 2 is 1.69 bits per heavy atom. The first-order valence-corrected chi connectivity index (χ1v) is 18.1. The lowest BCUT2D eigenvalue weighted by Gasteiger charge is -2.27. The van der Waals surface area contributed by atoms with Crippen molar-refractivity contribution in [1.82, 2.24) is 10.6 Å². The Balaban J connectivity index is 1.45. The first-order chi connectivity index (χ1) is 24.2. The molecule has 0 radical (unpaired) electrons. The van der Waals surface area contributed by atoms with Gasteiger partial charge in [-0.25, -0.2) is 12.7 Å². The molecule has 0 unspecified atom stereocenters. The normalized spacial score (nSPS) is 14.6. The number of hydrogen-bond acceptors (Lipinski definition) is 7. The number of benzene rings is 4. The zero-order valence-electron chi connectivity index (χ0n) is 28.1. The number of carbonyl (C=O) groups excluding carboxylic acids is 2. The van der Waals surface area contributed by atoms with E-state index in [0.717, 1.165) is 28.3 Å². The average Bonchev–Trinajstić information content (AvgIpc) is 3.53. The van der Waals surface area contributed by atoms with Crippen LogP contribution in [0.3, 0.4) is 0 Å². The number of hydrogen-bond donors (Lipinski definition) is 3. The second kappa shape index (κ2) is 16.0. The maximum atomic E-state index is 14.0. The topological polar surface area (TPSA) is 128 Å². The van der Waals surface area contributed by atoms with Gasteiger partial charge in [0.05, 0.1) is 42.4 Å². The number of nitrogens with one attached hydrogen (secondary N) is 2. The van der Waals surface area contributed by atoms with E-state index in [0.29, 0.717) is 36.4 Å². The van der Waals surface area contributed by atoms with Crippen LogP contribution in [-0.2, 0) is 34.0 Å². The van der Waals surface area contributed by atoms with Crippen LogP contribution >= 0.6 is 0 Å². The second-order valence-corrected chi connectivity index (χ2v) is 14.1. The number of alkyl halides is 3. The summed E-state index contributed by atoms with van der Waals surface area (Å²) >= 11 is 0. The van der Waals surface area contributed by atoms with Crippen LogP contribution in [0.15, 0.2) is 97.1 Å². The summed E-state index contributed by atoms with van der Waals surface area (Å²) < 4.78 is 72.5. The fourth-order valence-electron chi connectivity index (χ4n) is 5.96. The van der Waals surface area contributed by atoms with E-state index in [1.54, 1.807) is 24.3 Å². The summed E-state index contributed by atoms with van der Waals surface area (Å²) in [5, 5.41) is 17.2. The molecule has 0 bridgehead atoms. The van der Waals surface area contributed by atoms with Crippen LogP contribution in [0.4, 0.5) is 30.2 Å². The number of nitrogens with zero attached hydrogens (tertiary/aromatic N) is 2. The van der Waals surface area contributed by atoms with Gasteiger partial charge >= 0.3 is 6.18 Å². The SMILES string of the molecule is COc1cccc(N(c2cc(C(=O)N[C@@H](Cc3ccccc3)[C@H](O)CNCc3cccc(C(F)(F)F)c3)cc(N3CCCC3=O)c2)S(C)(=O)=O)c1. The highest BCUT2D eigenvalue weighted by molar-refractivity contribution is 7.92. The zero-order valence-corrected chi connectivity index (χ0v) is 28.9. The van der Waals surface area contributed by atoms with Crippen molar-refractivity contribution < 1.29 is 41.0 Å². The molecule has 10 nitrogen and oxygen atoms in total. The van der Waals surface area contributed by atoms with Gasteiger partial charge in [-0.3, -0.25) is 9.59 Å². The van der Waals surface area contributed by atoms with Crippen molar-refractivity contribution in [3.8, 4) is 5.75 Å². The van der Waals surface area contributed by atoms with Crippen LogP contribution in [0.1, 0.15) is 39.9 Å². The van der Waals surface area contributed by atoms with Crippen LogP contribution in [0.5, 0.6) is 5.75 Å². The van der Waals surface area contributed by atoms with E-state index in [4.69, 9.17) is 4.74 Å². The van der Waals surface area contributed by atoms with Crippen molar-refractivity contribution in [2.24, 2.45) is 0 Å². The monoisotopic (exact) mass is 724 g/mol. The smallest absolute Gasteiger partial charge is 0.416 e. The van der Waals surface area contributed by atoms with E-state index in [1.807, 2.05) is 30.3 Å². The van der Waals surface area contributed by atoms with Crippen LogP contribution in [-0.4, -0.2) is 63.9 Å². The number of amides is 2. The molecule has 3 N–H and O–H groups in total. The van der Waals surface area contributed by atoms with E-state index < -0.39 is 39.8 Å². The largest absolute Gasteiger partial charge is 0.497 e. The molecule has 0 saturated carbocycles. The first-order valence-electron chi connectivity index (χ1n) is 16.2. The van der Waals surface area contributed by atoms with Gasteiger partial charge in [-0.1, -0.05) is 54.6 Å². The summed E-state index contributed by atoms with van der Waals surface area (Å²) in [6.07, 6.45) is -3.56. The molecule has 5 rings (SSSR count). The number of halogens is 3. The Morgan fingerprint density at radius 1 is 0.961 bits per heavy atom. The first kappa shape index (κ1) is 37.3. The average molecular weight is 725 g/mol. The standard InChI is InChI=1S/C37H39F3N4O6S/c1-50-32-14-7-13-29(22-32)44(51(2,48)49)31-20-27(19-30(21-31)43-16-8-15-35(43)46)36(47)42-33(18-25-9-4-3-5-10-25)34(45)24-41-23-26-11-6-12-28(17-26)37(38,39)40/h3-7,9-14,17,19-22,33-34,41,45H,8,15-16,18,23-24H2,1-2H3,(H,42,47)/t33-,34+/m0/s1. The van der Waals surface area contributed by atoms with Crippen molar-refractivity contribution in [3.63, 3.8) is 0 Å². The molecule has 1 aliphatic rings. The number of sulfonamides is 1. The molecule has 14 heteroatoms. The van der Waals surface area contributed by atoms with Gasteiger partial charge in [0.25, 0.3) is 5.91 Å². The number of rotatable bonds is 14. The van der Waals surface area contributed by atoms with Crippen LogP contribution in [0, 0.1) is 0 Å². The molecule has 0 aromatic heterocycles. The Labute approximate surface area is 294 Å². The highest BCUT2D eigenvalue weighted by Gasteiger charge is 2.31. The minimum atomic E-state index is -4.49. The van der Waals surface area contributed by atoms with Crippen molar-refractivity contribution in [2.45, 2.75) is 44.1 Å². The summed E-state index contributed by atoms with van der Waals surface area (Å²) in [5.41, 5.74) is 1.12. The van der Waals surface area contributed by atoms with Gasteiger partial charge in [0, 0.05) is 43.4 Å². The van der Waals surface area contributed by atoms with Gasteiger partial charge in [-0.2, -0.15) is 13.2 Å². The fourth-order valence-corrected chi connectivity index (χ4v) is 6.94. The molecule has 270 valence electrons. The molecule has 0 aliphatic carbocycles. The van der Waals surface area contributed by atoms with Crippen LogP contribution < -0.4 is 24.6 Å². The zero-order chi connectivity index (χ0) is 36.8. The van der Waals surface area contributed by atoms with Crippen molar-refractivity contribution >= 4 is 38.9 Å². The van der Waals surface area contributed by atoms with Gasteiger partial charge in [0.1, 0.15) is 5.75 Å². The molecule has 4 aromatic carbocycles. The van der Waals surface area contributed by atoms with E-state index in [-0.39, 0.29) is 42.4 Å². The Morgan fingerprint density at radius 3 is 2.35 bits per heavy atom. The predicted octanol–water partition coefficient (Wildman–Crippen LogP) is 5.43. The Hall–Kier alpha value is -4.92. The third-order valence-corrected chi connectivity index (χ3v) is 9.51. The molecule has 0 spiro atoms. The molecule has 1 aliphatic heterocycles. The van der Waals surface area contributed by atoms with Crippen molar-refractivity contribution in [3.05, 3.63) is 119 Å². The maximum Gasteiger partial charge on any atom is 0.416 e. The summed E-state index contributed by atoms with van der Waals surface area (Å²) in [6.45, 7) is 0.349. The quantitative estimate of drug-likeness (QED) is 0.158. The third kappa shape index (κ3) is 9.66. The number of aliphatic hydroxyl groups is 1. The van der Waals surface area contributed by atoms with Gasteiger partial charge in [-0.15, -0.1) is 0 Å². The molecule has 1 heterocycles. The summed E-state index contributed by atoms with van der Waals surface area (Å²) in [6, 6.07) is 24.0. The number of aliphatic hydroxyl groups excluding tert-OH is 1. The molecule has 51 heavy (non-hydrogen) atoms. The lowest BCUT2D eigenvalue weighted by molar-refractivity contribution is -0.137. The van der Waals surface area contributed by atoms with Crippen molar-refractivity contribution in [1.29, 1.82) is 0 Å². The third-order valence-electron chi connectivity index (χ3n) is 8.42. The highest BCUT2D eigenvalue weighted by atomic mass is 32.2. The molecule has 1 fully saturated rings. The highest BCUT2D eigenvalue weighted by Crippen LogP contribution is 2.35. The molecular weight excluding hydrogens is 685 g/mol. The number of carbonyl (C=O) groups is 2. The number of ether oxygens (including phenoxy) is 1. The fraction of sp³-hybridized carbons (Fsp3) is 0.297. The lowest BCUT2D eigenvalue weighted by atomic mass is 10.00. The summed E-state index contributed by atoms with van der Waals surface area (Å²) in [5.74, 6) is -0.402. The van der Waals surface area contributed by atoms with E-state index in [1.165, 1.54) is 42.3 Å². The Kier molecular flexibility index (Phi) is 11.7. The minimum absolute atomic E-state index is 0.0356. The van der Waals surface area contributed by atoms with E-state index in [9.17, 15) is 36.3 Å². The number of methoxy groups -OCH3 is 1. The Bertz CT molecular complexity index is 1960. The van der Waals surface area contributed by atoms with Gasteiger partial charge in [0.15, 0.2) is 0 Å². The molecule has 1 saturated heterocycles. The molecular formula is C37H39F3N4O6S. The number of anilines is 3. The molecule has 2 atom stereocenters. The van der Waals surface area contributed by atoms with Gasteiger partial charge in [-0.05, 0) is 60.4 Å². The van der Waals surface area contributed by atoms with E-state index >= 15 is 0 Å².